The number of halogens is 2. The summed E-state index contributed by atoms with van der Waals surface area (Å²) in [5.41, 5.74) is 0.552. The number of rotatable bonds is 7. The van der Waals surface area contributed by atoms with Crippen LogP contribution < -0.4 is 9.64 Å². The third-order valence-corrected chi connectivity index (χ3v) is 4.05. The lowest BCUT2D eigenvalue weighted by molar-refractivity contribution is -0.149. The molecule has 0 heterocycles. The number of esters is 1. The van der Waals surface area contributed by atoms with Crippen molar-refractivity contribution >= 4 is 45.1 Å². The van der Waals surface area contributed by atoms with Crippen molar-refractivity contribution in [1.82, 2.24) is 0 Å². The van der Waals surface area contributed by atoms with Crippen LogP contribution in [0, 0.1) is 11.3 Å². The number of para-hydroxylation sites is 1. The minimum atomic E-state index is -0.704. The van der Waals surface area contributed by atoms with E-state index in [1.807, 2.05) is 6.07 Å². The first-order chi connectivity index (χ1) is 12.5. The van der Waals surface area contributed by atoms with Gasteiger partial charge in [0.1, 0.15) is 12.3 Å². The molecule has 0 saturated carbocycles. The molecule has 8 heteroatoms. The largest absolute Gasteiger partial charge is 0.481 e. The van der Waals surface area contributed by atoms with Crippen molar-refractivity contribution in [2.24, 2.45) is 0 Å². The topological polar surface area (TPSA) is 79.6 Å². The second kappa shape index (κ2) is 9.80. The van der Waals surface area contributed by atoms with Crippen LogP contribution in [0.15, 0.2) is 53.0 Å². The van der Waals surface area contributed by atoms with Crippen LogP contribution in [0.2, 0.25) is 5.02 Å². The Hall–Kier alpha value is -2.56. The molecule has 2 rings (SSSR count). The molecule has 0 radical (unpaired) electrons. The maximum absolute atomic E-state index is 12.2. The van der Waals surface area contributed by atoms with Crippen molar-refractivity contribution < 1.29 is 19.1 Å². The highest BCUT2D eigenvalue weighted by molar-refractivity contribution is 9.10. The highest BCUT2D eigenvalue weighted by atomic mass is 79.9. The van der Waals surface area contributed by atoms with Crippen molar-refractivity contribution in [1.29, 1.82) is 5.26 Å². The van der Waals surface area contributed by atoms with E-state index < -0.39 is 18.5 Å². The summed E-state index contributed by atoms with van der Waals surface area (Å²) >= 11 is 9.10. The Kier molecular flexibility index (Phi) is 7.45. The summed E-state index contributed by atoms with van der Waals surface area (Å²) in [5.74, 6) is -0.781. The molecule has 0 atom stereocenters. The van der Waals surface area contributed by atoms with Gasteiger partial charge in [-0.2, -0.15) is 5.26 Å². The zero-order chi connectivity index (χ0) is 18.9. The summed E-state index contributed by atoms with van der Waals surface area (Å²) in [6.07, 6.45) is 0. The first-order valence-electron chi connectivity index (χ1n) is 7.47. The van der Waals surface area contributed by atoms with Crippen LogP contribution in [0.1, 0.15) is 0 Å². The van der Waals surface area contributed by atoms with Gasteiger partial charge in [0, 0.05) is 10.7 Å². The molecule has 0 fully saturated rings. The number of benzene rings is 2. The van der Waals surface area contributed by atoms with Crippen LogP contribution in [0.5, 0.6) is 5.75 Å². The third-order valence-electron chi connectivity index (χ3n) is 3.19. The number of ether oxygens (including phenoxy) is 2. The molecule has 0 N–H and O–H groups in total. The third kappa shape index (κ3) is 5.76. The van der Waals surface area contributed by atoms with Gasteiger partial charge < -0.3 is 9.47 Å². The zero-order valence-electron chi connectivity index (χ0n) is 13.5. The molecule has 2 aromatic carbocycles. The van der Waals surface area contributed by atoms with Crippen LogP contribution in [-0.4, -0.2) is 31.6 Å². The van der Waals surface area contributed by atoms with Crippen molar-refractivity contribution in [2.75, 3.05) is 24.7 Å². The summed E-state index contributed by atoms with van der Waals surface area (Å²) in [5, 5.41) is 9.42. The number of hydrogen-bond donors (Lipinski definition) is 0. The lowest BCUT2D eigenvalue weighted by atomic mass is 10.3. The van der Waals surface area contributed by atoms with Gasteiger partial charge in [-0.25, -0.2) is 4.79 Å². The van der Waals surface area contributed by atoms with Gasteiger partial charge in [0.05, 0.1) is 10.5 Å². The van der Waals surface area contributed by atoms with Gasteiger partial charge in [-0.3, -0.25) is 9.69 Å². The number of amides is 1. The fourth-order valence-corrected chi connectivity index (χ4v) is 2.79. The summed E-state index contributed by atoms with van der Waals surface area (Å²) in [4.78, 5) is 25.3. The first-order valence-corrected chi connectivity index (χ1v) is 8.64. The first kappa shape index (κ1) is 19.8. The van der Waals surface area contributed by atoms with Crippen LogP contribution in [0.25, 0.3) is 0 Å². The minimum absolute atomic E-state index is 0.144. The van der Waals surface area contributed by atoms with Crippen LogP contribution in [-0.2, 0) is 14.3 Å². The van der Waals surface area contributed by atoms with Crippen molar-refractivity contribution in [3.8, 4) is 11.8 Å². The van der Waals surface area contributed by atoms with Crippen LogP contribution in [0.3, 0.4) is 0 Å². The Balaban J connectivity index is 1.87. The van der Waals surface area contributed by atoms with E-state index in [4.69, 9.17) is 26.3 Å². The van der Waals surface area contributed by atoms with E-state index in [0.717, 1.165) is 0 Å². The van der Waals surface area contributed by atoms with E-state index in [0.29, 0.717) is 20.9 Å². The molecule has 0 unspecified atom stereocenters. The van der Waals surface area contributed by atoms with E-state index in [9.17, 15) is 9.59 Å². The number of hydrogen-bond acceptors (Lipinski definition) is 5. The predicted octanol–water partition coefficient (Wildman–Crippen LogP) is 3.58. The Morgan fingerprint density at radius 3 is 2.54 bits per heavy atom. The monoisotopic (exact) mass is 436 g/mol. The molecule has 0 aromatic heterocycles. The fourth-order valence-electron chi connectivity index (χ4n) is 1.99. The number of nitriles is 1. The highest BCUT2D eigenvalue weighted by Gasteiger charge is 2.17. The fraction of sp³-hybridized carbons (Fsp3) is 0.167. The lowest BCUT2D eigenvalue weighted by Gasteiger charge is -2.19. The van der Waals surface area contributed by atoms with Gasteiger partial charge in [-0.15, -0.1) is 0 Å². The second-order valence-corrected chi connectivity index (χ2v) is 6.29. The summed E-state index contributed by atoms with van der Waals surface area (Å²) in [6.45, 7) is -0.994. The van der Waals surface area contributed by atoms with Crippen molar-refractivity contribution in [2.45, 2.75) is 0 Å². The Morgan fingerprint density at radius 1 is 1.15 bits per heavy atom. The molecule has 26 heavy (non-hydrogen) atoms. The Bertz CT molecular complexity index is 824. The lowest BCUT2D eigenvalue weighted by Crippen LogP contribution is -2.35. The van der Waals surface area contributed by atoms with E-state index >= 15 is 0 Å². The molecule has 2 aromatic rings. The van der Waals surface area contributed by atoms with Crippen LogP contribution in [0.4, 0.5) is 5.69 Å². The maximum Gasteiger partial charge on any atom is 0.344 e. The van der Waals surface area contributed by atoms with E-state index in [1.165, 1.54) is 4.90 Å². The molecule has 0 aliphatic heterocycles. The quantitative estimate of drug-likeness (QED) is 0.488. The zero-order valence-corrected chi connectivity index (χ0v) is 15.9. The molecule has 134 valence electrons. The molecule has 0 aliphatic rings. The van der Waals surface area contributed by atoms with Gasteiger partial charge in [0.15, 0.2) is 13.2 Å². The molecule has 0 bridgehead atoms. The van der Waals surface area contributed by atoms with Gasteiger partial charge in [0.25, 0.3) is 5.91 Å². The molecular weight excluding hydrogens is 424 g/mol. The van der Waals surface area contributed by atoms with E-state index in [1.54, 1.807) is 48.5 Å². The molecule has 6 nitrogen and oxygen atoms in total. The Labute approximate surface area is 164 Å². The predicted molar refractivity (Wildman–Crippen MR) is 100 cm³/mol. The summed E-state index contributed by atoms with van der Waals surface area (Å²) < 4.78 is 10.8. The normalized spacial score (nSPS) is 9.88. The number of anilines is 1. The standard InChI is InChI=1S/C18H14BrClN2O4/c19-15-10-13(20)6-7-16(15)25-12-18(24)26-11-17(23)22(9-8-21)14-4-2-1-3-5-14/h1-7,10H,9,11-12H2. The molecule has 0 spiro atoms. The Morgan fingerprint density at radius 2 is 1.88 bits per heavy atom. The smallest absolute Gasteiger partial charge is 0.344 e. The highest BCUT2D eigenvalue weighted by Crippen LogP contribution is 2.27. The molecule has 0 saturated heterocycles. The molecular formula is C18H14BrClN2O4. The van der Waals surface area contributed by atoms with E-state index in [2.05, 4.69) is 15.9 Å². The minimum Gasteiger partial charge on any atom is -0.481 e. The number of nitrogens with zero attached hydrogens (tertiary/aromatic N) is 2. The number of carbonyl (C=O) groups excluding carboxylic acids is 2. The second-order valence-electron chi connectivity index (χ2n) is 5.00. The summed E-state index contributed by atoms with van der Waals surface area (Å²) in [7, 11) is 0. The average Bonchev–Trinajstić information content (AvgIpc) is 2.64. The molecule has 1 amide bonds. The average molecular weight is 438 g/mol. The van der Waals surface area contributed by atoms with Crippen molar-refractivity contribution in [3.63, 3.8) is 0 Å². The number of carbonyl (C=O) groups is 2. The van der Waals surface area contributed by atoms with Gasteiger partial charge >= 0.3 is 5.97 Å². The van der Waals surface area contributed by atoms with Crippen molar-refractivity contribution in [3.05, 3.63) is 58.0 Å². The maximum atomic E-state index is 12.2. The SMILES string of the molecule is N#CCN(C(=O)COC(=O)COc1ccc(Cl)cc1Br)c1ccccc1. The summed E-state index contributed by atoms with van der Waals surface area (Å²) in [6, 6.07) is 15.4. The molecule has 0 aliphatic carbocycles. The van der Waals surface area contributed by atoms with Crippen LogP contribution >= 0.6 is 27.5 Å². The van der Waals surface area contributed by atoms with Gasteiger partial charge in [0.2, 0.25) is 0 Å². The van der Waals surface area contributed by atoms with Gasteiger partial charge in [-0.05, 0) is 46.3 Å². The van der Waals surface area contributed by atoms with E-state index in [-0.39, 0.29) is 13.2 Å². The van der Waals surface area contributed by atoms with Gasteiger partial charge in [-0.1, -0.05) is 29.8 Å².